The van der Waals surface area contributed by atoms with Gasteiger partial charge in [0.15, 0.2) is 0 Å². The third-order valence-electron chi connectivity index (χ3n) is 4.55. The molecule has 0 spiro atoms. The van der Waals surface area contributed by atoms with Gasteiger partial charge < -0.3 is 15.4 Å². The molecule has 1 heterocycles. The number of rotatable bonds is 4. The number of likely N-dealkylation sites (tertiary alicyclic amines) is 1. The minimum absolute atomic E-state index is 0.133. The fourth-order valence-corrected chi connectivity index (χ4v) is 3.38. The van der Waals surface area contributed by atoms with Crippen molar-refractivity contribution in [1.29, 1.82) is 0 Å². The minimum Gasteiger partial charge on any atom is -0.368 e. The Morgan fingerprint density at radius 1 is 1.26 bits per heavy atom. The van der Waals surface area contributed by atoms with E-state index in [1.807, 2.05) is 4.90 Å². The van der Waals surface area contributed by atoms with Gasteiger partial charge in [0.1, 0.15) is 6.61 Å². The minimum atomic E-state index is 0.133. The fourth-order valence-electron chi connectivity index (χ4n) is 3.38. The molecule has 0 bridgehead atoms. The molecule has 110 valence electrons. The molecule has 0 aromatic heterocycles. The first-order valence-corrected chi connectivity index (χ1v) is 7.82. The van der Waals surface area contributed by atoms with Crippen molar-refractivity contribution in [2.24, 2.45) is 11.7 Å². The molecule has 1 saturated heterocycles. The topological polar surface area (TPSA) is 55.6 Å². The van der Waals surface area contributed by atoms with E-state index in [9.17, 15) is 4.79 Å². The van der Waals surface area contributed by atoms with E-state index in [1.54, 1.807) is 0 Å². The molecule has 3 unspecified atom stereocenters. The molecule has 0 aromatic rings. The molecule has 4 heteroatoms. The lowest BCUT2D eigenvalue weighted by molar-refractivity contribution is -0.142. The van der Waals surface area contributed by atoms with Crippen LogP contribution in [0.2, 0.25) is 0 Å². The molecule has 1 amide bonds. The lowest BCUT2D eigenvalue weighted by atomic mass is 9.89. The van der Waals surface area contributed by atoms with Crippen molar-refractivity contribution in [2.75, 3.05) is 19.7 Å². The number of amides is 1. The summed E-state index contributed by atoms with van der Waals surface area (Å²) in [6.45, 7) is 3.94. The van der Waals surface area contributed by atoms with E-state index < -0.39 is 0 Å². The van der Waals surface area contributed by atoms with Gasteiger partial charge in [0.2, 0.25) is 5.91 Å². The first-order chi connectivity index (χ1) is 9.20. The molecule has 4 nitrogen and oxygen atoms in total. The number of ether oxygens (including phenoxy) is 1. The number of carbonyl (C=O) groups excluding carboxylic acids is 1. The van der Waals surface area contributed by atoms with Crippen LogP contribution in [0.1, 0.15) is 51.9 Å². The van der Waals surface area contributed by atoms with Crippen LogP contribution in [-0.4, -0.2) is 42.6 Å². The summed E-state index contributed by atoms with van der Waals surface area (Å²) in [5.41, 5.74) is 5.75. The van der Waals surface area contributed by atoms with Crippen molar-refractivity contribution in [3.63, 3.8) is 0 Å². The molecule has 2 N–H and O–H groups in total. The fraction of sp³-hybridized carbons (Fsp3) is 0.933. The van der Waals surface area contributed by atoms with Crippen molar-refractivity contribution in [3.8, 4) is 0 Å². The van der Waals surface area contributed by atoms with Crippen molar-refractivity contribution in [1.82, 2.24) is 4.90 Å². The third kappa shape index (κ3) is 4.18. The highest BCUT2D eigenvalue weighted by Crippen LogP contribution is 2.26. The van der Waals surface area contributed by atoms with E-state index in [0.717, 1.165) is 38.1 Å². The van der Waals surface area contributed by atoms with Gasteiger partial charge in [-0.05, 0) is 38.0 Å². The molecule has 0 aromatic carbocycles. The maximum Gasteiger partial charge on any atom is 0.248 e. The number of carbonyl (C=O) groups is 1. The van der Waals surface area contributed by atoms with Gasteiger partial charge in [0.05, 0.1) is 6.10 Å². The predicted molar refractivity (Wildman–Crippen MR) is 75.8 cm³/mol. The van der Waals surface area contributed by atoms with Crippen molar-refractivity contribution in [3.05, 3.63) is 0 Å². The molecule has 3 atom stereocenters. The lowest BCUT2D eigenvalue weighted by Gasteiger charge is -2.35. The van der Waals surface area contributed by atoms with E-state index in [0.29, 0.717) is 6.54 Å². The zero-order chi connectivity index (χ0) is 13.7. The van der Waals surface area contributed by atoms with Gasteiger partial charge in [0, 0.05) is 19.1 Å². The van der Waals surface area contributed by atoms with E-state index in [-0.39, 0.29) is 24.7 Å². The highest BCUT2D eigenvalue weighted by Gasteiger charge is 2.27. The van der Waals surface area contributed by atoms with Gasteiger partial charge in [-0.1, -0.05) is 19.8 Å². The van der Waals surface area contributed by atoms with Gasteiger partial charge in [-0.15, -0.1) is 0 Å². The highest BCUT2D eigenvalue weighted by atomic mass is 16.5. The monoisotopic (exact) mass is 268 g/mol. The summed E-state index contributed by atoms with van der Waals surface area (Å²) in [5.74, 6) is 0.869. The van der Waals surface area contributed by atoms with Gasteiger partial charge in [-0.2, -0.15) is 0 Å². The first-order valence-electron chi connectivity index (χ1n) is 7.82. The van der Waals surface area contributed by atoms with Crippen molar-refractivity contribution >= 4 is 5.91 Å². The van der Waals surface area contributed by atoms with Gasteiger partial charge in [0.25, 0.3) is 0 Å². The SMILES string of the molecule is CC1CCCC(OCC(=O)N2CCCCC2CN)C1. The number of piperidine rings is 1. The summed E-state index contributed by atoms with van der Waals surface area (Å²) in [6.07, 6.45) is 8.36. The molecular formula is C15H28N2O2. The van der Waals surface area contributed by atoms with Crippen LogP contribution in [0.3, 0.4) is 0 Å². The van der Waals surface area contributed by atoms with Crippen LogP contribution in [0.5, 0.6) is 0 Å². The van der Waals surface area contributed by atoms with Crippen LogP contribution < -0.4 is 5.73 Å². The summed E-state index contributed by atoms with van der Waals surface area (Å²) >= 11 is 0. The van der Waals surface area contributed by atoms with Crippen LogP contribution in [0, 0.1) is 5.92 Å². The Balaban J connectivity index is 1.76. The predicted octanol–water partition coefficient (Wildman–Crippen LogP) is 1.92. The first kappa shape index (κ1) is 14.8. The number of nitrogens with zero attached hydrogens (tertiary/aromatic N) is 1. The Labute approximate surface area is 116 Å². The molecular weight excluding hydrogens is 240 g/mol. The Bertz CT molecular complexity index is 296. The van der Waals surface area contributed by atoms with Crippen LogP contribution in [0.25, 0.3) is 0 Å². The average Bonchev–Trinajstić information content (AvgIpc) is 2.45. The van der Waals surface area contributed by atoms with Crippen molar-refractivity contribution in [2.45, 2.75) is 64.0 Å². The zero-order valence-electron chi connectivity index (χ0n) is 12.1. The Morgan fingerprint density at radius 3 is 2.84 bits per heavy atom. The Hall–Kier alpha value is -0.610. The van der Waals surface area contributed by atoms with E-state index in [2.05, 4.69) is 6.92 Å². The zero-order valence-corrected chi connectivity index (χ0v) is 12.1. The number of hydrogen-bond acceptors (Lipinski definition) is 3. The second-order valence-electron chi connectivity index (χ2n) is 6.18. The second-order valence-corrected chi connectivity index (χ2v) is 6.18. The molecule has 2 fully saturated rings. The van der Waals surface area contributed by atoms with Crippen LogP contribution >= 0.6 is 0 Å². The van der Waals surface area contributed by atoms with E-state index in [4.69, 9.17) is 10.5 Å². The molecule has 1 aliphatic carbocycles. The normalized spacial score (nSPS) is 32.3. The number of nitrogens with two attached hydrogens (primary N) is 1. The van der Waals surface area contributed by atoms with Crippen molar-refractivity contribution < 1.29 is 9.53 Å². The molecule has 1 saturated carbocycles. The smallest absolute Gasteiger partial charge is 0.248 e. The highest BCUT2D eigenvalue weighted by molar-refractivity contribution is 5.78. The molecule has 2 rings (SSSR count). The summed E-state index contributed by atoms with van der Waals surface area (Å²) in [7, 11) is 0. The van der Waals surface area contributed by atoms with Crippen LogP contribution in [-0.2, 0) is 9.53 Å². The Kier molecular flexibility index (Phi) is 5.64. The standard InChI is InChI=1S/C15H28N2O2/c1-12-5-4-7-14(9-12)19-11-15(18)17-8-3-2-6-13(17)10-16/h12-14H,2-11,16H2,1H3. The largest absolute Gasteiger partial charge is 0.368 e. The second kappa shape index (κ2) is 7.25. The molecule has 1 aliphatic heterocycles. The Morgan fingerprint density at radius 2 is 2.11 bits per heavy atom. The van der Waals surface area contributed by atoms with E-state index in [1.165, 1.54) is 19.3 Å². The molecule has 0 radical (unpaired) electrons. The summed E-state index contributed by atoms with van der Waals surface area (Å²) in [6, 6.07) is 0.232. The summed E-state index contributed by atoms with van der Waals surface area (Å²) in [4.78, 5) is 14.2. The van der Waals surface area contributed by atoms with E-state index >= 15 is 0 Å². The number of hydrogen-bond donors (Lipinski definition) is 1. The molecule has 2 aliphatic rings. The molecule has 19 heavy (non-hydrogen) atoms. The quantitative estimate of drug-likeness (QED) is 0.847. The maximum absolute atomic E-state index is 12.2. The maximum atomic E-state index is 12.2. The van der Waals surface area contributed by atoms with Gasteiger partial charge in [-0.25, -0.2) is 0 Å². The average molecular weight is 268 g/mol. The van der Waals surface area contributed by atoms with Gasteiger partial charge in [-0.3, -0.25) is 4.79 Å². The summed E-state index contributed by atoms with van der Waals surface area (Å²) < 4.78 is 5.83. The third-order valence-corrected chi connectivity index (χ3v) is 4.55. The van der Waals surface area contributed by atoms with Gasteiger partial charge >= 0.3 is 0 Å². The lowest BCUT2D eigenvalue weighted by Crippen LogP contribution is -2.49. The summed E-state index contributed by atoms with van der Waals surface area (Å²) in [5, 5.41) is 0. The van der Waals surface area contributed by atoms with Crippen LogP contribution in [0.4, 0.5) is 0 Å². The van der Waals surface area contributed by atoms with Crippen LogP contribution in [0.15, 0.2) is 0 Å².